The first kappa shape index (κ1) is 20.6. The first-order valence-corrected chi connectivity index (χ1v) is 10.2. The summed E-state index contributed by atoms with van der Waals surface area (Å²) in [6.45, 7) is 3.20. The van der Waals surface area contributed by atoms with Gasteiger partial charge in [-0.05, 0) is 43.5 Å². The number of thiazole rings is 1. The predicted octanol–water partition coefficient (Wildman–Crippen LogP) is 0.576. The second kappa shape index (κ2) is 9.34. The van der Waals surface area contributed by atoms with Gasteiger partial charge in [0, 0.05) is 13.1 Å². The van der Waals surface area contributed by atoms with E-state index in [2.05, 4.69) is 0 Å². The predicted molar refractivity (Wildman–Crippen MR) is 109 cm³/mol. The molecule has 0 radical (unpaired) electrons. The Morgan fingerprint density at radius 3 is 2.55 bits per heavy atom. The molecule has 8 heteroatoms. The minimum absolute atomic E-state index is 0.109. The molecule has 0 bridgehead atoms. The van der Waals surface area contributed by atoms with E-state index in [9.17, 15) is 14.4 Å². The number of aromatic nitrogens is 1. The molecular formula is C21H21N3O4S. The van der Waals surface area contributed by atoms with Gasteiger partial charge in [-0.25, -0.2) is 4.79 Å². The summed E-state index contributed by atoms with van der Waals surface area (Å²) in [4.78, 5) is 39.2. The molecule has 1 fully saturated rings. The molecule has 0 N–H and O–H groups in total. The van der Waals surface area contributed by atoms with Crippen LogP contribution < -0.4 is 14.8 Å². The lowest BCUT2D eigenvalue weighted by Gasteiger charge is -2.15. The first-order chi connectivity index (χ1) is 14.0. The SMILES string of the molecule is CCOC(=O)C=c1sc(=Cc2ccc(C#N)cc2)c(=O)n1CC(=O)N1CCCC1. The van der Waals surface area contributed by atoms with Crippen LogP contribution in [0.25, 0.3) is 12.2 Å². The van der Waals surface area contributed by atoms with Crippen LogP contribution in [0.5, 0.6) is 0 Å². The molecule has 0 aliphatic carbocycles. The van der Waals surface area contributed by atoms with Crippen molar-refractivity contribution < 1.29 is 14.3 Å². The Labute approximate surface area is 171 Å². The van der Waals surface area contributed by atoms with Crippen LogP contribution in [0.3, 0.4) is 0 Å². The standard InChI is InChI=1S/C21H21N3O4S/c1-2-28-20(26)12-19-24(14-18(25)23-9-3-4-10-23)21(27)17(29-19)11-15-5-7-16(13-22)8-6-15/h5-8,11-12H,2-4,9-10,14H2,1H3. The third kappa shape index (κ3) is 5.00. The summed E-state index contributed by atoms with van der Waals surface area (Å²) in [5, 5.41) is 8.91. The number of likely N-dealkylation sites (tertiary alicyclic amines) is 1. The van der Waals surface area contributed by atoms with Crippen molar-refractivity contribution in [3.8, 4) is 6.07 Å². The second-order valence-electron chi connectivity index (χ2n) is 6.56. The van der Waals surface area contributed by atoms with E-state index < -0.39 is 5.97 Å². The van der Waals surface area contributed by atoms with Gasteiger partial charge in [-0.2, -0.15) is 5.26 Å². The number of ether oxygens (including phenoxy) is 1. The number of nitriles is 1. The third-order valence-corrected chi connectivity index (χ3v) is 5.61. The van der Waals surface area contributed by atoms with Gasteiger partial charge in [-0.15, -0.1) is 11.3 Å². The summed E-state index contributed by atoms with van der Waals surface area (Å²) in [5.41, 5.74) is 0.948. The van der Waals surface area contributed by atoms with Crippen LogP contribution in [0, 0.1) is 11.3 Å². The summed E-state index contributed by atoms with van der Waals surface area (Å²) in [6, 6.07) is 8.87. The lowest BCUT2D eigenvalue weighted by molar-refractivity contribution is -0.135. The Bertz CT molecular complexity index is 1120. The van der Waals surface area contributed by atoms with Crippen molar-refractivity contribution in [2.24, 2.45) is 0 Å². The highest BCUT2D eigenvalue weighted by Gasteiger charge is 2.19. The van der Waals surface area contributed by atoms with Gasteiger partial charge in [0.2, 0.25) is 5.91 Å². The zero-order valence-electron chi connectivity index (χ0n) is 16.1. The summed E-state index contributed by atoms with van der Waals surface area (Å²) in [6.07, 6.45) is 4.87. The van der Waals surface area contributed by atoms with E-state index in [1.807, 2.05) is 6.07 Å². The minimum atomic E-state index is -0.555. The van der Waals surface area contributed by atoms with Crippen LogP contribution >= 0.6 is 11.3 Å². The number of nitrogens with zero attached hydrogens (tertiary/aromatic N) is 3. The maximum Gasteiger partial charge on any atom is 0.333 e. The van der Waals surface area contributed by atoms with Gasteiger partial charge in [0.15, 0.2) is 0 Å². The fourth-order valence-electron chi connectivity index (χ4n) is 3.08. The molecule has 0 saturated carbocycles. The Balaban J connectivity index is 2.03. The number of carbonyl (C=O) groups is 2. The van der Waals surface area contributed by atoms with Crippen molar-refractivity contribution in [2.75, 3.05) is 19.7 Å². The van der Waals surface area contributed by atoms with E-state index in [0.717, 1.165) is 29.7 Å². The number of amides is 1. The number of hydrogen-bond donors (Lipinski definition) is 0. The van der Waals surface area contributed by atoms with E-state index in [0.29, 0.717) is 27.8 Å². The van der Waals surface area contributed by atoms with Crippen LogP contribution in [-0.2, 0) is 20.9 Å². The monoisotopic (exact) mass is 411 g/mol. The highest BCUT2D eigenvalue weighted by Crippen LogP contribution is 2.08. The van der Waals surface area contributed by atoms with Gasteiger partial charge in [-0.1, -0.05) is 12.1 Å². The Hall–Kier alpha value is -3.18. The number of esters is 1. The highest BCUT2D eigenvalue weighted by atomic mass is 32.1. The molecule has 1 aromatic heterocycles. The van der Waals surface area contributed by atoms with Gasteiger partial charge in [0.05, 0.1) is 28.8 Å². The molecule has 1 saturated heterocycles. The van der Waals surface area contributed by atoms with E-state index in [4.69, 9.17) is 10.00 Å². The van der Waals surface area contributed by atoms with Crippen molar-refractivity contribution in [2.45, 2.75) is 26.3 Å². The Morgan fingerprint density at radius 2 is 1.93 bits per heavy atom. The molecule has 0 unspecified atom stereocenters. The van der Waals surface area contributed by atoms with Gasteiger partial charge in [0.1, 0.15) is 11.2 Å². The van der Waals surface area contributed by atoms with Crippen molar-refractivity contribution >= 4 is 35.4 Å². The van der Waals surface area contributed by atoms with Crippen molar-refractivity contribution in [1.29, 1.82) is 5.26 Å². The first-order valence-electron chi connectivity index (χ1n) is 9.39. The van der Waals surface area contributed by atoms with E-state index in [1.54, 1.807) is 42.2 Å². The van der Waals surface area contributed by atoms with Crippen molar-refractivity contribution in [3.63, 3.8) is 0 Å². The Kier molecular flexibility index (Phi) is 6.62. The van der Waals surface area contributed by atoms with Gasteiger partial charge in [-0.3, -0.25) is 14.2 Å². The van der Waals surface area contributed by atoms with E-state index >= 15 is 0 Å². The van der Waals surface area contributed by atoms with Crippen molar-refractivity contribution in [1.82, 2.24) is 9.47 Å². The molecule has 29 heavy (non-hydrogen) atoms. The molecule has 2 heterocycles. The van der Waals surface area contributed by atoms with E-state index in [-0.39, 0.29) is 24.6 Å². The fraction of sp³-hybridized carbons (Fsp3) is 0.333. The number of carbonyl (C=O) groups excluding carboxylic acids is 2. The molecule has 2 aromatic rings. The van der Waals surface area contributed by atoms with Crippen molar-refractivity contribution in [3.05, 3.63) is 54.9 Å². The largest absolute Gasteiger partial charge is 0.463 e. The molecule has 7 nitrogen and oxygen atoms in total. The second-order valence-corrected chi connectivity index (χ2v) is 7.62. The molecule has 1 aliphatic heterocycles. The molecule has 1 aromatic carbocycles. The fourth-order valence-corrected chi connectivity index (χ4v) is 4.12. The molecule has 3 rings (SSSR count). The third-order valence-electron chi connectivity index (χ3n) is 4.55. The highest BCUT2D eigenvalue weighted by molar-refractivity contribution is 7.07. The molecule has 150 valence electrons. The quantitative estimate of drug-likeness (QED) is 0.671. The summed E-state index contributed by atoms with van der Waals surface area (Å²) >= 11 is 1.13. The smallest absolute Gasteiger partial charge is 0.333 e. The Morgan fingerprint density at radius 1 is 1.24 bits per heavy atom. The molecule has 1 aliphatic rings. The summed E-state index contributed by atoms with van der Waals surface area (Å²) in [7, 11) is 0. The molecule has 1 amide bonds. The molecular weight excluding hydrogens is 390 g/mol. The van der Waals surface area contributed by atoms with Crippen LogP contribution in [0.1, 0.15) is 30.9 Å². The average Bonchev–Trinajstić information content (AvgIpc) is 3.34. The average molecular weight is 411 g/mol. The van der Waals surface area contributed by atoms with Crippen LogP contribution in [-0.4, -0.2) is 41.0 Å². The maximum atomic E-state index is 13.0. The number of benzene rings is 1. The van der Waals surface area contributed by atoms with Crippen LogP contribution in [0.4, 0.5) is 0 Å². The minimum Gasteiger partial charge on any atom is -0.463 e. The summed E-state index contributed by atoms with van der Waals surface area (Å²) < 4.78 is 7.07. The van der Waals surface area contributed by atoms with Gasteiger partial charge < -0.3 is 9.64 Å². The normalized spacial score (nSPS) is 14.8. The lowest BCUT2D eigenvalue weighted by atomic mass is 10.1. The number of hydrogen-bond acceptors (Lipinski definition) is 6. The lowest BCUT2D eigenvalue weighted by Crippen LogP contribution is -2.39. The zero-order valence-corrected chi connectivity index (χ0v) is 16.9. The zero-order chi connectivity index (χ0) is 20.8. The summed E-state index contributed by atoms with van der Waals surface area (Å²) in [5.74, 6) is -0.688. The molecule has 0 spiro atoms. The van der Waals surface area contributed by atoms with Crippen LogP contribution in [0.15, 0.2) is 29.1 Å². The van der Waals surface area contributed by atoms with Gasteiger partial charge >= 0.3 is 5.97 Å². The molecule has 0 atom stereocenters. The number of rotatable bonds is 5. The maximum absolute atomic E-state index is 13.0. The topological polar surface area (TPSA) is 92.4 Å². The van der Waals surface area contributed by atoms with E-state index in [1.165, 1.54) is 10.6 Å². The van der Waals surface area contributed by atoms with Crippen LogP contribution in [0.2, 0.25) is 0 Å². The van der Waals surface area contributed by atoms with Gasteiger partial charge in [0.25, 0.3) is 5.56 Å².